The van der Waals surface area contributed by atoms with Gasteiger partial charge in [-0.3, -0.25) is 4.68 Å². The molecule has 0 spiro atoms. The summed E-state index contributed by atoms with van der Waals surface area (Å²) in [6.07, 6.45) is 3.76. The van der Waals surface area contributed by atoms with Crippen LogP contribution in [0.3, 0.4) is 0 Å². The standard InChI is InChI=1S/C12H14Cl2N4/c1-7(8-5-16-18(2)6-8)17-12-4-10(14)9(13)3-11(12)15/h3-7,17H,15H2,1-2H3. The molecule has 0 saturated carbocycles. The molecule has 4 nitrogen and oxygen atoms in total. The van der Waals surface area contributed by atoms with Crippen LogP contribution in [0, 0.1) is 0 Å². The first kappa shape index (κ1) is 13.1. The van der Waals surface area contributed by atoms with Crippen molar-refractivity contribution < 1.29 is 0 Å². The molecule has 0 fully saturated rings. The molecule has 18 heavy (non-hydrogen) atoms. The van der Waals surface area contributed by atoms with Crippen molar-refractivity contribution in [1.29, 1.82) is 0 Å². The molecule has 96 valence electrons. The Hall–Kier alpha value is -1.39. The van der Waals surface area contributed by atoms with Crippen LogP contribution in [0.2, 0.25) is 10.0 Å². The highest BCUT2D eigenvalue weighted by molar-refractivity contribution is 6.42. The first-order valence-electron chi connectivity index (χ1n) is 5.47. The lowest BCUT2D eigenvalue weighted by Gasteiger charge is -2.16. The van der Waals surface area contributed by atoms with Crippen molar-refractivity contribution in [1.82, 2.24) is 9.78 Å². The summed E-state index contributed by atoms with van der Waals surface area (Å²) >= 11 is 11.9. The van der Waals surface area contributed by atoms with Gasteiger partial charge in [-0.25, -0.2) is 0 Å². The van der Waals surface area contributed by atoms with E-state index in [4.69, 9.17) is 28.9 Å². The number of nitrogens with two attached hydrogens (primary N) is 1. The lowest BCUT2D eigenvalue weighted by Crippen LogP contribution is -2.07. The Kier molecular flexibility index (Phi) is 3.68. The minimum Gasteiger partial charge on any atom is -0.397 e. The third kappa shape index (κ3) is 2.71. The van der Waals surface area contributed by atoms with E-state index in [2.05, 4.69) is 10.4 Å². The van der Waals surface area contributed by atoms with Crippen molar-refractivity contribution in [2.24, 2.45) is 7.05 Å². The zero-order chi connectivity index (χ0) is 13.3. The highest BCUT2D eigenvalue weighted by Crippen LogP contribution is 2.32. The number of aromatic nitrogens is 2. The Labute approximate surface area is 116 Å². The molecule has 0 aliphatic carbocycles. The summed E-state index contributed by atoms with van der Waals surface area (Å²) in [5.41, 5.74) is 8.30. The van der Waals surface area contributed by atoms with Crippen LogP contribution in [0.15, 0.2) is 24.5 Å². The van der Waals surface area contributed by atoms with Gasteiger partial charge in [-0.15, -0.1) is 0 Å². The molecule has 6 heteroatoms. The zero-order valence-corrected chi connectivity index (χ0v) is 11.6. The molecule has 0 aliphatic heterocycles. The molecule has 1 aromatic heterocycles. The molecule has 0 bridgehead atoms. The molecule has 2 rings (SSSR count). The largest absolute Gasteiger partial charge is 0.397 e. The number of aryl methyl sites for hydroxylation is 1. The number of halogens is 2. The summed E-state index contributed by atoms with van der Waals surface area (Å²) in [5, 5.41) is 8.35. The van der Waals surface area contributed by atoms with Gasteiger partial charge in [0, 0.05) is 18.8 Å². The number of hydrogen-bond donors (Lipinski definition) is 2. The molecule has 1 unspecified atom stereocenters. The quantitative estimate of drug-likeness (QED) is 0.849. The minimum absolute atomic E-state index is 0.0817. The SMILES string of the molecule is CC(Nc1cc(Cl)c(Cl)cc1N)c1cnn(C)c1. The maximum Gasteiger partial charge on any atom is 0.0614 e. The van der Waals surface area contributed by atoms with Gasteiger partial charge in [0.15, 0.2) is 0 Å². The summed E-state index contributed by atoms with van der Waals surface area (Å²) in [7, 11) is 1.88. The van der Waals surface area contributed by atoms with E-state index in [0.29, 0.717) is 15.7 Å². The number of nitrogens with one attached hydrogen (secondary N) is 1. The van der Waals surface area contributed by atoms with Gasteiger partial charge in [0.1, 0.15) is 0 Å². The van der Waals surface area contributed by atoms with E-state index in [-0.39, 0.29) is 6.04 Å². The van der Waals surface area contributed by atoms with Gasteiger partial charge in [0.05, 0.1) is 33.7 Å². The fourth-order valence-corrected chi connectivity index (χ4v) is 2.00. The summed E-state index contributed by atoms with van der Waals surface area (Å²) in [5.74, 6) is 0. The summed E-state index contributed by atoms with van der Waals surface area (Å²) in [4.78, 5) is 0. The molecule has 0 amide bonds. The number of nitrogens with zero attached hydrogens (tertiary/aromatic N) is 2. The minimum atomic E-state index is 0.0817. The Morgan fingerprint density at radius 3 is 2.61 bits per heavy atom. The topological polar surface area (TPSA) is 55.9 Å². The monoisotopic (exact) mass is 284 g/mol. The van der Waals surface area contributed by atoms with Gasteiger partial charge < -0.3 is 11.1 Å². The highest BCUT2D eigenvalue weighted by Gasteiger charge is 2.11. The third-order valence-electron chi connectivity index (χ3n) is 2.69. The molecule has 1 heterocycles. The second kappa shape index (κ2) is 5.08. The van der Waals surface area contributed by atoms with E-state index < -0.39 is 0 Å². The van der Waals surface area contributed by atoms with E-state index in [0.717, 1.165) is 11.3 Å². The van der Waals surface area contributed by atoms with E-state index in [1.165, 1.54) is 0 Å². The van der Waals surface area contributed by atoms with Crippen LogP contribution in [0.5, 0.6) is 0 Å². The Bertz CT molecular complexity index is 565. The molecule has 0 radical (unpaired) electrons. The summed E-state index contributed by atoms with van der Waals surface area (Å²) in [6.45, 7) is 2.03. The number of rotatable bonds is 3. The third-order valence-corrected chi connectivity index (χ3v) is 3.41. The Morgan fingerprint density at radius 2 is 2.00 bits per heavy atom. The van der Waals surface area contributed by atoms with Gasteiger partial charge >= 0.3 is 0 Å². The first-order valence-corrected chi connectivity index (χ1v) is 6.22. The van der Waals surface area contributed by atoms with Gasteiger partial charge in [0.2, 0.25) is 0 Å². The lowest BCUT2D eigenvalue weighted by molar-refractivity contribution is 0.765. The van der Waals surface area contributed by atoms with Crippen LogP contribution in [0.1, 0.15) is 18.5 Å². The maximum atomic E-state index is 5.98. The second-order valence-electron chi connectivity index (χ2n) is 4.17. The molecular formula is C12H14Cl2N4. The average molecular weight is 285 g/mol. The molecule has 0 aliphatic rings. The fraction of sp³-hybridized carbons (Fsp3) is 0.250. The van der Waals surface area contributed by atoms with Crippen LogP contribution in [-0.4, -0.2) is 9.78 Å². The lowest BCUT2D eigenvalue weighted by atomic mass is 10.1. The van der Waals surface area contributed by atoms with Gasteiger partial charge in [-0.2, -0.15) is 5.10 Å². The van der Waals surface area contributed by atoms with Crippen LogP contribution < -0.4 is 11.1 Å². The summed E-state index contributed by atoms with van der Waals surface area (Å²) < 4.78 is 1.76. The van der Waals surface area contributed by atoms with Crippen LogP contribution in [0.25, 0.3) is 0 Å². The van der Waals surface area contributed by atoms with Crippen molar-refractivity contribution in [3.05, 3.63) is 40.1 Å². The van der Waals surface area contributed by atoms with Gasteiger partial charge in [0.25, 0.3) is 0 Å². The van der Waals surface area contributed by atoms with Crippen molar-refractivity contribution in [2.45, 2.75) is 13.0 Å². The average Bonchev–Trinajstić information content (AvgIpc) is 2.73. The first-order chi connectivity index (χ1) is 8.47. The smallest absolute Gasteiger partial charge is 0.0614 e. The van der Waals surface area contributed by atoms with Crippen molar-refractivity contribution in [2.75, 3.05) is 11.1 Å². The fourth-order valence-electron chi connectivity index (χ4n) is 1.67. The molecule has 3 N–H and O–H groups in total. The number of nitrogen functional groups attached to an aromatic ring is 1. The second-order valence-corrected chi connectivity index (χ2v) is 4.98. The summed E-state index contributed by atoms with van der Waals surface area (Å²) in [6, 6.07) is 3.45. The van der Waals surface area contributed by atoms with Crippen molar-refractivity contribution in [3.8, 4) is 0 Å². The number of benzene rings is 1. The number of anilines is 2. The zero-order valence-electron chi connectivity index (χ0n) is 10.1. The van der Waals surface area contributed by atoms with E-state index >= 15 is 0 Å². The molecule has 0 saturated heterocycles. The molecule has 1 atom stereocenters. The van der Waals surface area contributed by atoms with E-state index in [1.54, 1.807) is 16.8 Å². The van der Waals surface area contributed by atoms with Crippen LogP contribution in [0.4, 0.5) is 11.4 Å². The van der Waals surface area contributed by atoms with Crippen molar-refractivity contribution >= 4 is 34.6 Å². The van der Waals surface area contributed by atoms with Crippen LogP contribution in [-0.2, 0) is 7.05 Å². The van der Waals surface area contributed by atoms with E-state index in [1.807, 2.05) is 26.4 Å². The predicted molar refractivity (Wildman–Crippen MR) is 76.1 cm³/mol. The normalized spacial score (nSPS) is 12.4. The molecule has 1 aromatic carbocycles. The number of hydrogen-bond acceptors (Lipinski definition) is 3. The van der Waals surface area contributed by atoms with Crippen LogP contribution >= 0.6 is 23.2 Å². The molecular weight excluding hydrogens is 271 g/mol. The molecule has 2 aromatic rings. The van der Waals surface area contributed by atoms with Gasteiger partial charge in [-0.1, -0.05) is 23.2 Å². The van der Waals surface area contributed by atoms with E-state index in [9.17, 15) is 0 Å². The van der Waals surface area contributed by atoms with Gasteiger partial charge in [-0.05, 0) is 19.1 Å². The Morgan fingerprint density at radius 1 is 1.33 bits per heavy atom. The highest BCUT2D eigenvalue weighted by atomic mass is 35.5. The van der Waals surface area contributed by atoms with Crippen molar-refractivity contribution in [3.63, 3.8) is 0 Å². The predicted octanol–water partition coefficient (Wildman–Crippen LogP) is 3.48. The Balaban J connectivity index is 2.21. The maximum absolute atomic E-state index is 5.98.